The number of hydrogen-bond donors (Lipinski definition) is 2. The number of esters is 1. The summed E-state index contributed by atoms with van der Waals surface area (Å²) in [6.07, 6.45) is -0.210. The Morgan fingerprint density at radius 2 is 1.68 bits per heavy atom. The van der Waals surface area contributed by atoms with Crippen molar-refractivity contribution in [1.82, 2.24) is 20.1 Å². The van der Waals surface area contributed by atoms with E-state index in [0.717, 1.165) is 38.3 Å². The Labute approximate surface area is 184 Å². The molecule has 0 bridgehead atoms. The van der Waals surface area contributed by atoms with Crippen molar-refractivity contribution in [1.29, 1.82) is 0 Å². The summed E-state index contributed by atoms with van der Waals surface area (Å²) in [4.78, 5) is 32.9. The van der Waals surface area contributed by atoms with E-state index in [1.54, 1.807) is 27.7 Å². The van der Waals surface area contributed by atoms with Crippen molar-refractivity contribution in [3.63, 3.8) is 0 Å². The van der Waals surface area contributed by atoms with Gasteiger partial charge < -0.3 is 19.9 Å². The molecule has 1 saturated heterocycles. The molecule has 0 spiro atoms. The predicted molar refractivity (Wildman–Crippen MR) is 121 cm³/mol. The summed E-state index contributed by atoms with van der Waals surface area (Å²) in [6.45, 7) is 12.9. The Morgan fingerprint density at radius 3 is 2.29 bits per heavy atom. The highest BCUT2D eigenvalue weighted by molar-refractivity contribution is 6.00. The van der Waals surface area contributed by atoms with Crippen molar-refractivity contribution in [2.75, 3.05) is 33.2 Å². The highest BCUT2D eigenvalue weighted by Crippen LogP contribution is 2.20. The van der Waals surface area contributed by atoms with Gasteiger partial charge in [0.15, 0.2) is 0 Å². The van der Waals surface area contributed by atoms with E-state index >= 15 is 0 Å². The van der Waals surface area contributed by atoms with E-state index < -0.39 is 5.97 Å². The standard InChI is InChI=1S/C24H34N4O3/c1-16(2)31-24(30)21-17(3)22(26-18(21)4)23(29)25-14-19-6-8-20(9-7-19)15-28-12-10-27(5)11-13-28/h6-9,16,26H,10-15H2,1-5H3,(H,25,29). The van der Waals surface area contributed by atoms with E-state index in [4.69, 9.17) is 4.74 Å². The van der Waals surface area contributed by atoms with Crippen LogP contribution in [0.1, 0.15) is 57.1 Å². The SMILES string of the molecule is Cc1[nH]c(C(=O)NCc2ccc(CN3CCN(C)CC3)cc2)c(C)c1C(=O)OC(C)C. The van der Waals surface area contributed by atoms with Gasteiger partial charge in [-0.15, -0.1) is 0 Å². The van der Waals surface area contributed by atoms with Gasteiger partial charge in [-0.1, -0.05) is 24.3 Å². The van der Waals surface area contributed by atoms with Gasteiger partial charge in [0.2, 0.25) is 0 Å². The second kappa shape index (κ2) is 10.1. The fraction of sp³-hybridized carbons (Fsp3) is 0.500. The second-order valence-corrected chi connectivity index (χ2v) is 8.66. The monoisotopic (exact) mass is 426 g/mol. The molecule has 7 heteroatoms. The molecule has 0 unspecified atom stereocenters. The maximum absolute atomic E-state index is 12.7. The number of likely N-dealkylation sites (N-methyl/N-ethyl adjacent to an activating group) is 1. The van der Waals surface area contributed by atoms with Crippen LogP contribution in [-0.4, -0.2) is 66.0 Å². The lowest BCUT2D eigenvalue weighted by atomic mass is 10.1. The Kier molecular flexibility index (Phi) is 7.51. The van der Waals surface area contributed by atoms with Crippen LogP contribution in [0, 0.1) is 13.8 Å². The number of hydrogen-bond acceptors (Lipinski definition) is 5. The van der Waals surface area contributed by atoms with Crippen LogP contribution < -0.4 is 5.32 Å². The van der Waals surface area contributed by atoms with E-state index in [0.29, 0.717) is 29.1 Å². The van der Waals surface area contributed by atoms with Gasteiger partial charge in [-0.05, 0) is 51.4 Å². The van der Waals surface area contributed by atoms with Crippen LogP contribution in [0.25, 0.3) is 0 Å². The van der Waals surface area contributed by atoms with E-state index in [1.165, 1.54) is 5.56 Å². The van der Waals surface area contributed by atoms with Crippen molar-refractivity contribution < 1.29 is 14.3 Å². The summed E-state index contributed by atoms with van der Waals surface area (Å²) >= 11 is 0. The third-order valence-corrected chi connectivity index (χ3v) is 5.69. The zero-order valence-corrected chi connectivity index (χ0v) is 19.2. The summed E-state index contributed by atoms with van der Waals surface area (Å²) in [5.74, 6) is -0.637. The molecule has 2 aromatic rings. The van der Waals surface area contributed by atoms with Crippen LogP contribution in [0.4, 0.5) is 0 Å². The number of amides is 1. The van der Waals surface area contributed by atoms with Crippen LogP contribution in [0.2, 0.25) is 0 Å². The van der Waals surface area contributed by atoms with E-state index in [-0.39, 0.29) is 12.0 Å². The minimum atomic E-state index is -0.406. The molecule has 2 heterocycles. The van der Waals surface area contributed by atoms with Gasteiger partial charge in [0.05, 0.1) is 11.7 Å². The van der Waals surface area contributed by atoms with Gasteiger partial charge in [0.1, 0.15) is 5.69 Å². The molecule has 0 radical (unpaired) electrons. The molecule has 1 aliphatic rings. The number of aryl methyl sites for hydroxylation is 1. The molecule has 0 aliphatic carbocycles. The molecule has 1 aliphatic heterocycles. The maximum Gasteiger partial charge on any atom is 0.340 e. The number of carbonyl (C=O) groups excluding carboxylic acids is 2. The van der Waals surface area contributed by atoms with Gasteiger partial charge in [-0.3, -0.25) is 9.69 Å². The molecule has 31 heavy (non-hydrogen) atoms. The zero-order chi connectivity index (χ0) is 22.5. The number of benzene rings is 1. The summed E-state index contributed by atoms with van der Waals surface area (Å²) < 4.78 is 5.29. The van der Waals surface area contributed by atoms with Crippen molar-refractivity contribution in [2.24, 2.45) is 0 Å². The summed E-state index contributed by atoms with van der Waals surface area (Å²) in [5.41, 5.74) is 4.41. The molecule has 1 aromatic heterocycles. The Morgan fingerprint density at radius 1 is 1.06 bits per heavy atom. The largest absolute Gasteiger partial charge is 0.459 e. The quantitative estimate of drug-likeness (QED) is 0.666. The first-order chi connectivity index (χ1) is 14.7. The minimum Gasteiger partial charge on any atom is -0.459 e. The molecule has 168 valence electrons. The van der Waals surface area contributed by atoms with E-state index in [1.807, 2.05) is 0 Å². The first-order valence-electron chi connectivity index (χ1n) is 10.9. The van der Waals surface area contributed by atoms with Crippen molar-refractivity contribution in [2.45, 2.75) is 46.9 Å². The Hall–Kier alpha value is -2.64. The fourth-order valence-corrected chi connectivity index (χ4v) is 3.85. The number of piperazine rings is 1. The third kappa shape index (κ3) is 5.95. The van der Waals surface area contributed by atoms with E-state index in [9.17, 15) is 9.59 Å². The summed E-state index contributed by atoms with van der Waals surface area (Å²) in [5, 5.41) is 2.94. The number of H-pyrrole nitrogens is 1. The molecule has 1 aromatic carbocycles. The fourth-order valence-electron chi connectivity index (χ4n) is 3.85. The summed E-state index contributed by atoms with van der Waals surface area (Å²) in [6, 6.07) is 8.38. The van der Waals surface area contributed by atoms with Crippen molar-refractivity contribution >= 4 is 11.9 Å². The van der Waals surface area contributed by atoms with Crippen molar-refractivity contribution in [3.8, 4) is 0 Å². The van der Waals surface area contributed by atoms with Gasteiger partial charge >= 0.3 is 5.97 Å². The first-order valence-corrected chi connectivity index (χ1v) is 10.9. The molecule has 1 fully saturated rings. The zero-order valence-electron chi connectivity index (χ0n) is 19.2. The predicted octanol–water partition coefficient (Wildman–Crippen LogP) is 2.87. The highest BCUT2D eigenvalue weighted by Gasteiger charge is 2.23. The van der Waals surface area contributed by atoms with Crippen LogP contribution in [0.5, 0.6) is 0 Å². The Balaban J connectivity index is 1.56. The number of aromatic nitrogens is 1. The van der Waals surface area contributed by atoms with Gasteiger partial charge in [0, 0.05) is 45.0 Å². The number of nitrogens with one attached hydrogen (secondary N) is 2. The summed E-state index contributed by atoms with van der Waals surface area (Å²) in [7, 11) is 2.16. The number of carbonyl (C=O) groups is 2. The Bertz CT molecular complexity index is 910. The number of ether oxygens (including phenoxy) is 1. The molecule has 7 nitrogen and oxygen atoms in total. The molecule has 0 saturated carbocycles. The molecule has 0 atom stereocenters. The van der Waals surface area contributed by atoms with Crippen molar-refractivity contribution in [3.05, 3.63) is 57.9 Å². The number of nitrogens with zero attached hydrogens (tertiary/aromatic N) is 2. The normalized spacial score (nSPS) is 15.3. The average Bonchev–Trinajstić information content (AvgIpc) is 3.02. The second-order valence-electron chi connectivity index (χ2n) is 8.66. The van der Waals surface area contributed by atoms with Gasteiger partial charge in [0.25, 0.3) is 5.91 Å². The smallest absolute Gasteiger partial charge is 0.340 e. The maximum atomic E-state index is 12.7. The lowest BCUT2D eigenvalue weighted by molar-refractivity contribution is 0.0376. The third-order valence-electron chi connectivity index (χ3n) is 5.69. The minimum absolute atomic E-state index is 0.210. The number of aromatic amines is 1. The van der Waals surface area contributed by atoms with Crippen LogP contribution in [0.15, 0.2) is 24.3 Å². The van der Waals surface area contributed by atoms with Crippen LogP contribution >= 0.6 is 0 Å². The highest BCUT2D eigenvalue weighted by atomic mass is 16.5. The lowest BCUT2D eigenvalue weighted by Gasteiger charge is -2.32. The first kappa shape index (κ1) is 23.0. The van der Waals surface area contributed by atoms with Crippen LogP contribution in [0.3, 0.4) is 0 Å². The molecule has 2 N–H and O–H groups in total. The van der Waals surface area contributed by atoms with E-state index in [2.05, 4.69) is 51.4 Å². The molecule has 1 amide bonds. The topological polar surface area (TPSA) is 77.7 Å². The number of rotatable bonds is 7. The molecule has 3 rings (SSSR count). The lowest BCUT2D eigenvalue weighted by Crippen LogP contribution is -2.43. The van der Waals surface area contributed by atoms with Gasteiger partial charge in [-0.2, -0.15) is 0 Å². The average molecular weight is 427 g/mol. The van der Waals surface area contributed by atoms with Crippen LogP contribution in [-0.2, 0) is 17.8 Å². The molecular weight excluding hydrogens is 392 g/mol. The molecular formula is C24H34N4O3. The van der Waals surface area contributed by atoms with Gasteiger partial charge in [-0.25, -0.2) is 4.79 Å².